The Bertz CT molecular complexity index is 1140. The zero-order valence-electron chi connectivity index (χ0n) is 11.2. The molecule has 1 heterocycles. The Hall–Kier alpha value is -2.15. The van der Waals surface area contributed by atoms with E-state index in [0.717, 1.165) is 0 Å². The summed E-state index contributed by atoms with van der Waals surface area (Å²) in [6.07, 6.45) is 2.01. The van der Waals surface area contributed by atoms with Crippen LogP contribution >= 0.6 is 0 Å². The van der Waals surface area contributed by atoms with Gasteiger partial charge in [0.2, 0.25) is 0 Å². The molecule has 1 nitrogen and oxygen atoms in total. The van der Waals surface area contributed by atoms with Gasteiger partial charge in [-0.05, 0) is 0 Å². The van der Waals surface area contributed by atoms with E-state index in [1.54, 1.807) is 0 Å². The molecular formula is C19H11NSe. The molecule has 0 radical (unpaired) electrons. The predicted molar refractivity (Wildman–Crippen MR) is 91.2 cm³/mol. The van der Waals surface area contributed by atoms with Gasteiger partial charge in [0.15, 0.2) is 0 Å². The van der Waals surface area contributed by atoms with Crippen LogP contribution in [0.25, 0.3) is 42.0 Å². The zero-order valence-corrected chi connectivity index (χ0v) is 12.9. The predicted octanol–water partition coefficient (Wildman–Crippen LogP) is 4.75. The SMILES string of the molecule is c1ccc2c(c1)ccc1c2ccc2c1ccc1cn[se]c12. The number of fused-ring (bicyclic) bond motifs is 7. The summed E-state index contributed by atoms with van der Waals surface area (Å²) in [4.78, 5) is 0. The second-order valence-corrected chi connectivity index (χ2v) is 7.03. The molecule has 0 aliphatic rings. The van der Waals surface area contributed by atoms with Gasteiger partial charge in [-0.15, -0.1) is 0 Å². The molecule has 0 aliphatic heterocycles. The van der Waals surface area contributed by atoms with Crippen molar-refractivity contribution >= 4 is 56.7 Å². The van der Waals surface area contributed by atoms with Gasteiger partial charge in [0.25, 0.3) is 0 Å². The van der Waals surface area contributed by atoms with Crippen molar-refractivity contribution in [3.8, 4) is 0 Å². The van der Waals surface area contributed by atoms with Crippen LogP contribution in [0.5, 0.6) is 0 Å². The van der Waals surface area contributed by atoms with E-state index < -0.39 is 0 Å². The van der Waals surface area contributed by atoms with Gasteiger partial charge in [-0.2, -0.15) is 0 Å². The summed E-state index contributed by atoms with van der Waals surface area (Å²) in [5, 5.41) is 9.33. The van der Waals surface area contributed by atoms with E-state index >= 15 is 0 Å². The molecule has 0 amide bonds. The van der Waals surface area contributed by atoms with Crippen LogP contribution in [0, 0.1) is 0 Å². The average Bonchev–Trinajstić information content (AvgIpc) is 3.03. The average molecular weight is 332 g/mol. The number of hydrogen-bond acceptors (Lipinski definition) is 1. The fourth-order valence-corrected chi connectivity index (χ4v) is 4.86. The van der Waals surface area contributed by atoms with Crippen molar-refractivity contribution in [2.75, 3.05) is 0 Å². The molecule has 2 heteroatoms. The van der Waals surface area contributed by atoms with Gasteiger partial charge in [-0.1, -0.05) is 0 Å². The van der Waals surface area contributed by atoms with Crippen molar-refractivity contribution in [3.63, 3.8) is 0 Å². The summed E-state index contributed by atoms with van der Waals surface area (Å²) < 4.78 is 5.89. The minimum absolute atomic E-state index is 0.235. The van der Waals surface area contributed by atoms with Crippen LogP contribution < -0.4 is 0 Å². The third-order valence-electron chi connectivity index (χ3n) is 4.24. The van der Waals surface area contributed by atoms with E-state index in [1.165, 1.54) is 42.0 Å². The van der Waals surface area contributed by atoms with Crippen LogP contribution in [0.4, 0.5) is 0 Å². The first-order chi connectivity index (χ1) is 10.4. The van der Waals surface area contributed by atoms with Crippen molar-refractivity contribution in [1.82, 2.24) is 3.98 Å². The van der Waals surface area contributed by atoms with Crippen molar-refractivity contribution < 1.29 is 0 Å². The van der Waals surface area contributed by atoms with Crippen LogP contribution in [0.15, 0.2) is 66.9 Å². The number of aromatic nitrogens is 1. The molecular weight excluding hydrogens is 321 g/mol. The van der Waals surface area contributed by atoms with Crippen molar-refractivity contribution in [3.05, 3.63) is 66.9 Å². The van der Waals surface area contributed by atoms with Crippen LogP contribution in [0.1, 0.15) is 0 Å². The summed E-state index contributed by atoms with van der Waals surface area (Å²) in [7, 11) is 0. The first kappa shape index (κ1) is 11.5. The number of hydrogen-bond donors (Lipinski definition) is 0. The minimum atomic E-state index is 0.235. The molecule has 5 rings (SSSR count). The summed E-state index contributed by atoms with van der Waals surface area (Å²) >= 11 is 0.235. The fraction of sp³-hybridized carbons (Fsp3) is 0. The molecule has 0 fully saturated rings. The molecule has 0 saturated carbocycles. The van der Waals surface area contributed by atoms with Gasteiger partial charge in [0.1, 0.15) is 0 Å². The van der Waals surface area contributed by atoms with E-state index in [2.05, 4.69) is 64.6 Å². The Morgan fingerprint density at radius 1 is 0.571 bits per heavy atom. The van der Waals surface area contributed by atoms with Gasteiger partial charge >= 0.3 is 128 Å². The Kier molecular flexibility index (Phi) is 2.29. The Morgan fingerprint density at radius 2 is 1.24 bits per heavy atom. The van der Waals surface area contributed by atoms with Gasteiger partial charge in [0.05, 0.1) is 0 Å². The van der Waals surface area contributed by atoms with Crippen molar-refractivity contribution in [2.24, 2.45) is 0 Å². The molecule has 0 N–H and O–H groups in total. The van der Waals surface area contributed by atoms with E-state index in [0.29, 0.717) is 0 Å². The molecule has 98 valence electrons. The molecule has 0 spiro atoms. The molecule has 0 atom stereocenters. The van der Waals surface area contributed by atoms with Gasteiger partial charge in [-0.25, -0.2) is 0 Å². The summed E-state index contributed by atoms with van der Waals surface area (Å²) in [5.41, 5.74) is 0. The second kappa shape index (κ2) is 4.17. The van der Waals surface area contributed by atoms with E-state index in [9.17, 15) is 0 Å². The van der Waals surface area contributed by atoms with E-state index in [1.807, 2.05) is 6.20 Å². The molecule has 0 bridgehead atoms. The Labute approximate surface area is 127 Å². The topological polar surface area (TPSA) is 12.9 Å². The maximum atomic E-state index is 4.47. The molecule has 1 aromatic heterocycles. The van der Waals surface area contributed by atoms with Gasteiger partial charge in [-0.3, -0.25) is 0 Å². The van der Waals surface area contributed by atoms with Gasteiger partial charge < -0.3 is 0 Å². The first-order valence-corrected chi connectivity index (χ1v) is 8.62. The molecule has 0 unspecified atom stereocenters. The fourth-order valence-electron chi connectivity index (χ4n) is 3.23. The number of nitrogens with zero attached hydrogens (tertiary/aromatic N) is 1. The monoisotopic (exact) mass is 333 g/mol. The van der Waals surface area contributed by atoms with Gasteiger partial charge in [0, 0.05) is 0 Å². The molecule has 0 saturated heterocycles. The number of benzene rings is 4. The summed E-state index contributed by atoms with van der Waals surface area (Å²) in [6, 6.07) is 22.1. The quantitative estimate of drug-likeness (QED) is 0.294. The van der Waals surface area contributed by atoms with Crippen LogP contribution in [0.2, 0.25) is 0 Å². The molecule has 4 aromatic carbocycles. The maximum absolute atomic E-state index is 4.47. The molecule has 5 aromatic rings. The Balaban J connectivity index is 2.07. The third kappa shape index (κ3) is 1.55. The first-order valence-electron chi connectivity index (χ1n) is 6.99. The van der Waals surface area contributed by atoms with Crippen molar-refractivity contribution in [1.29, 1.82) is 0 Å². The van der Waals surface area contributed by atoms with Crippen LogP contribution in [-0.4, -0.2) is 18.7 Å². The van der Waals surface area contributed by atoms with Crippen LogP contribution in [-0.2, 0) is 0 Å². The summed E-state index contributed by atoms with van der Waals surface area (Å²) in [5.74, 6) is 0. The molecule has 21 heavy (non-hydrogen) atoms. The molecule has 0 aliphatic carbocycles. The van der Waals surface area contributed by atoms with E-state index in [-0.39, 0.29) is 14.7 Å². The second-order valence-electron chi connectivity index (χ2n) is 5.35. The van der Waals surface area contributed by atoms with Crippen LogP contribution in [0.3, 0.4) is 0 Å². The standard InChI is InChI=1S/C19H11NSe/c1-2-4-14-12(3-1)5-7-16-15(14)9-10-18-17(16)8-6-13-11-20-21-19(13)18/h1-11H. The zero-order chi connectivity index (χ0) is 13.8. The Morgan fingerprint density at radius 3 is 2.19 bits per heavy atom. The summed E-state index contributed by atoms with van der Waals surface area (Å²) in [6.45, 7) is 0. The number of rotatable bonds is 0. The normalized spacial score (nSPS) is 11.8. The van der Waals surface area contributed by atoms with Crippen molar-refractivity contribution in [2.45, 2.75) is 0 Å². The third-order valence-corrected chi connectivity index (χ3v) is 6.02. The van der Waals surface area contributed by atoms with E-state index in [4.69, 9.17) is 0 Å².